The van der Waals surface area contributed by atoms with Crippen LogP contribution in [-0.2, 0) is 12.8 Å². The fourth-order valence-electron chi connectivity index (χ4n) is 3.06. The van der Waals surface area contributed by atoms with Gasteiger partial charge in [0.15, 0.2) is 21.8 Å². The van der Waals surface area contributed by atoms with Gasteiger partial charge in [0.25, 0.3) is 0 Å². The van der Waals surface area contributed by atoms with Crippen LogP contribution in [0.4, 0.5) is 10.3 Å². The molecule has 118 valence electrons. The molecule has 1 aliphatic carbocycles. The van der Waals surface area contributed by atoms with Gasteiger partial charge in [-0.3, -0.25) is 0 Å². The van der Waals surface area contributed by atoms with Crippen LogP contribution >= 0.6 is 22.7 Å². The van der Waals surface area contributed by atoms with Crippen molar-refractivity contribution in [1.29, 1.82) is 0 Å². The zero-order valence-electron chi connectivity index (χ0n) is 12.6. The average Bonchev–Trinajstić information content (AvgIpc) is 3.20. The first-order valence-corrected chi connectivity index (χ1v) is 9.34. The molecule has 23 heavy (non-hydrogen) atoms. The summed E-state index contributed by atoms with van der Waals surface area (Å²) >= 11 is 3.37. The lowest BCUT2D eigenvalue weighted by atomic mass is 9.93. The van der Waals surface area contributed by atoms with E-state index in [1.807, 2.05) is 12.1 Å². The van der Waals surface area contributed by atoms with Crippen molar-refractivity contribution in [3.63, 3.8) is 0 Å². The van der Waals surface area contributed by atoms with Gasteiger partial charge in [0.2, 0.25) is 6.79 Å². The maximum Gasteiger partial charge on any atom is 0.231 e. The third-order valence-electron chi connectivity index (χ3n) is 4.28. The van der Waals surface area contributed by atoms with E-state index in [1.165, 1.54) is 17.0 Å². The first-order chi connectivity index (χ1) is 11.2. The van der Waals surface area contributed by atoms with Crippen LogP contribution < -0.4 is 14.8 Å². The standard InChI is InChI=1S/C16H15N3O2S2/c1-8-2-3-9-13(4-8)22-15(17-9)19-16-18-10-5-11-12(21-7-20-11)6-14(10)23-16/h5-6,8H,2-4,7H2,1H3,(H,17,18,19)/t8-/m0/s1. The van der Waals surface area contributed by atoms with Gasteiger partial charge < -0.3 is 14.8 Å². The average molecular weight is 345 g/mol. The zero-order valence-corrected chi connectivity index (χ0v) is 14.2. The van der Waals surface area contributed by atoms with Gasteiger partial charge in [0.1, 0.15) is 0 Å². The highest BCUT2D eigenvalue weighted by Crippen LogP contribution is 2.40. The number of ether oxygens (including phenoxy) is 2. The molecule has 0 saturated heterocycles. The van der Waals surface area contributed by atoms with Crippen LogP contribution in [0.1, 0.15) is 23.9 Å². The van der Waals surface area contributed by atoms with Crippen LogP contribution in [0.5, 0.6) is 11.5 Å². The number of nitrogens with one attached hydrogen (secondary N) is 1. The van der Waals surface area contributed by atoms with Gasteiger partial charge in [-0.05, 0) is 25.2 Å². The summed E-state index contributed by atoms with van der Waals surface area (Å²) in [4.78, 5) is 10.8. The molecule has 1 N–H and O–H groups in total. The van der Waals surface area contributed by atoms with Gasteiger partial charge >= 0.3 is 0 Å². The van der Waals surface area contributed by atoms with Gasteiger partial charge in [-0.2, -0.15) is 0 Å². The third-order valence-corrected chi connectivity index (χ3v) is 6.25. The molecule has 0 fully saturated rings. The molecule has 7 heteroatoms. The van der Waals surface area contributed by atoms with Crippen molar-refractivity contribution in [3.05, 3.63) is 22.7 Å². The number of benzene rings is 1. The van der Waals surface area contributed by atoms with Crippen LogP contribution in [0.3, 0.4) is 0 Å². The van der Waals surface area contributed by atoms with Crippen LogP contribution in [0.15, 0.2) is 12.1 Å². The number of nitrogens with zero attached hydrogens (tertiary/aromatic N) is 2. The molecule has 5 nitrogen and oxygen atoms in total. The van der Waals surface area contributed by atoms with E-state index in [0.717, 1.165) is 50.7 Å². The van der Waals surface area contributed by atoms with Crippen LogP contribution in [0, 0.1) is 5.92 Å². The molecule has 0 radical (unpaired) electrons. The summed E-state index contributed by atoms with van der Waals surface area (Å²) < 4.78 is 11.9. The summed E-state index contributed by atoms with van der Waals surface area (Å²) in [6.07, 6.45) is 3.48. The Labute approximate surface area is 141 Å². The molecule has 1 atom stereocenters. The van der Waals surface area contributed by atoms with Gasteiger partial charge in [-0.15, -0.1) is 11.3 Å². The number of aryl methyl sites for hydroxylation is 1. The summed E-state index contributed by atoms with van der Waals surface area (Å²) in [5.74, 6) is 2.33. The second-order valence-corrected chi connectivity index (χ2v) is 8.17. The Morgan fingerprint density at radius 2 is 1.96 bits per heavy atom. The highest BCUT2D eigenvalue weighted by molar-refractivity contribution is 7.22. The maximum atomic E-state index is 5.43. The molecule has 3 heterocycles. The molecule has 0 unspecified atom stereocenters. The lowest BCUT2D eigenvalue weighted by molar-refractivity contribution is 0.174. The highest BCUT2D eigenvalue weighted by Gasteiger charge is 2.21. The summed E-state index contributed by atoms with van der Waals surface area (Å²) in [5, 5.41) is 5.18. The molecule has 0 saturated carbocycles. The van der Waals surface area contributed by atoms with E-state index in [2.05, 4.69) is 17.2 Å². The predicted octanol–water partition coefficient (Wildman–Crippen LogP) is 4.35. The second kappa shape index (κ2) is 5.07. The molecule has 5 rings (SSSR count). The summed E-state index contributed by atoms with van der Waals surface area (Å²) in [5.41, 5.74) is 2.19. The van der Waals surface area contributed by atoms with Crippen molar-refractivity contribution in [3.8, 4) is 11.5 Å². The fourth-order valence-corrected chi connectivity index (χ4v) is 5.17. The fraction of sp³-hybridized carbons (Fsp3) is 0.375. The van der Waals surface area contributed by atoms with Crippen molar-refractivity contribution in [2.75, 3.05) is 12.1 Å². The smallest absolute Gasteiger partial charge is 0.231 e. The summed E-state index contributed by atoms with van der Waals surface area (Å²) in [6, 6.07) is 3.93. The molecule has 0 bridgehead atoms. The molecule has 2 aliphatic rings. The molecule has 0 amide bonds. The Kier molecular flexibility index (Phi) is 2.99. The first kappa shape index (κ1) is 13.6. The highest BCUT2D eigenvalue weighted by atomic mass is 32.1. The van der Waals surface area contributed by atoms with E-state index in [-0.39, 0.29) is 0 Å². The minimum absolute atomic E-state index is 0.292. The minimum atomic E-state index is 0.292. The van der Waals surface area contributed by atoms with Gasteiger partial charge in [-0.25, -0.2) is 9.97 Å². The Hall–Kier alpha value is -1.86. The Morgan fingerprint density at radius 1 is 1.13 bits per heavy atom. The van der Waals surface area contributed by atoms with Crippen molar-refractivity contribution in [2.45, 2.75) is 26.2 Å². The van der Waals surface area contributed by atoms with Crippen LogP contribution in [0.25, 0.3) is 10.2 Å². The van der Waals surface area contributed by atoms with Crippen molar-refractivity contribution in [1.82, 2.24) is 9.97 Å². The molecular formula is C16H15N3O2S2. The molecule has 1 aliphatic heterocycles. The lowest BCUT2D eigenvalue weighted by Gasteiger charge is -2.15. The number of rotatable bonds is 2. The maximum absolute atomic E-state index is 5.43. The summed E-state index contributed by atoms with van der Waals surface area (Å²) in [6.45, 7) is 2.60. The number of hydrogen-bond acceptors (Lipinski definition) is 7. The Balaban J connectivity index is 1.45. The monoisotopic (exact) mass is 345 g/mol. The number of aromatic nitrogens is 2. The molecular weight excluding hydrogens is 330 g/mol. The quantitative estimate of drug-likeness (QED) is 0.748. The minimum Gasteiger partial charge on any atom is -0.454 e. The molecule has 3 aromatic rings. The van der Waals surface area contributed by atoms with Crippen LogP contribution in [-0.4, -0.2) is 16.8 Å². The van der Waals surface area contributed by atoms with Crippen molar-refractivity contribution < 1.29 is 9.47 Å². The molecule has 0 spiro atoms. The van der Waals surface area contributed by atoms with E-state index >= 15 is 0 Å². The predicted molar refractivity (Wildman–Crippen MR) is 92.3 cm³/mol. The van der Waals surface area contributed by atoms with E-state index in [0.29, 0.717) is 6.79 Å². The van der Waals surface area contributed by atoms with Crippen molar-refractivity contribution in [2.24, 2.45) is 5.92 Å². The first-order valence-electron chi connectivity index (χ1n) is 7.70. The van der Waals surface area contributed by atoms with E-state index in [4.69, 9.17) is 14.5 Å². The van der Waals surface area contributed by atoms with Gasteiger partial charge in [-0.1, -0.05) is 18.3 Å². The molecule has 2 aromatic heterocycles. The number of thiazole rings is 2. The van der Waals surface area contributed by atoms with E-state index in [1.54, 1.807) is 22.7 Å². The summed E-state index contributed by atoms with van der Waals surface area (Å²) in [7, 11) is 0. The SMILES string of the molecule is C[C@H]1CCc2nc(Nc3nc4cc5c(cc4s3)OCO5)sc2C1. The van der Waals surface area contributed by atoms with Gasteiger partial charge in [0, 0.05) is 17.0 Å². The largest absolute Gasteiger partial charge is 0.454 e. The van der Waals surface area contributed by atoms with Crippen LogP contribution in [0.2, 0.25) is 0 Å². The number of anilines is 2. The molecule has 1 aromatic carbocycles. The third kappa shape index (κ3) is 2.35. The van der Waals surface area contributed by atoms with Crippen molar-refractivity contribution >= 4 is 43.2 Å². The van der Waals surface area contributed by atoms with Gasteiger partial charge in [0.05, 0.1) is 15.9 Å². The second-order valence-electron chi connectivity index (χ2n) is 6.05. The van der Waals surface area contributed by atoms with E-state index in [9.17, 15) is 0 Å². The van der Waals surface area contributed by atoms with E-state index < -0.39 is 0 Å². The number of hydrogen-bond donors (Lipinski definition) is 1. The zero-order chi connectivity index (χ0) is 15.4. The normalized spacial score (nSPS) is 19.1. The number of fused-ring (bicyclic) bond motifs is 3. The lowest BCUT2D eigenvalue weighted by Crippen LogP contribution is -2.09. The Morgan fingerprint density at radius 3 is 2.87 bits per heavy atom. The Bertz CT molecular complexity index is 861. The topological polar surface area (TPSA) is 56.3 Å².